The number of nitrogens with zero attached hydrogens (tertiary/aromatic N) is 2. The van der Waals surface area contributed by atoms with Gasteiger partial charge in [-0.3, -0.25) is 9.10 Å². The molecule has 2 atom stereocenters. The van der Waals surface area contributed by atoms with E-state index in [4.69, 9.17) is 4.74 Å². The molecule has 8 heteroatoms. The van der Waals surface area contributed by atoms with Gasteiger partial charge in [-0.05, 0) is 67.8 Å². The first kappa shape index (κ1) is 23.1. The highest BCUT2D eigenvalue weighted by Crippen LogP contribution is 2.28. The molecule has 3 rings (SSSR count). The molecule has 0 bridgehead atoms. The number of rotatable bonds is 6. The summed E-state index contributed by atoms with van der Waals surface area (Å²) in [6, 6.07) is 11.0. The smallest absolute Gasteiger partial charge is 0.264 e. The van der Waals surface area contributed by atoms with Crippen LogP contribution in [0.3, 0.4) is 0 Å². The summed E-state index contributed by atoms with van der Waals surface area (Å²) in [4.78, 5) is 14.7. The summed E-state index contributed by atoms with van der Waals surface area (Å²) in [6.45, 7) is 1.78. The average molecular weight is 447 g/mol. The molecule has 0 heterocycles. The Morgan fingerprint density at radius 3 is 2.29 bits per heavy atom. The lowest BCUT2D eigenvalue weighted by atomic mass is 9.91. The number of aliphatic hydroxyl groups is 1. The number of methoxy groups -OCH3 is 1. The molecule has 31 heavy (non-hydrogen) atoms. The molecule has 2 aromatic rings. The van der Waals surface area contributed by atoms with Gasteiger partial charge in [-0.25, -0.2) is 8.42 Å². The van der Waals surface area contributed by atoms with Gasteiger partial charge < -0.3 is 14.7 Å². The third-order valence-electron chi connectivity index (χ3n) is 6.01. The molecule has 7 nitrogen and oxygen atoms in total. The Hall–Kier alpha value is -2.58. The van der Waals surface area contributed by atoms with Gasteiger partial charge in [0.2, 0.25) is 0 Å². The summed E-state index contributed by atoms with van der Waals surface area (Å²) in [6.07, 6.45) is 2.94. The summed E-state index contributed by atoms with van der Waals surface area (Å²) < 4.78 is 32.4. The van der Waals surface area contributed by atoms with Crippen LogP contribution >= 0.6 is 0 Å². The van der Waals surface area contributed by atoms with Crippen molar-refractivity contribution in [2.45, 2.75) is 49.6 Å². The number of ether oxygens (including phenoxy) is 1. The Morgan fingerprint density at radius 2 is 1.71 bits per heavy atom. The van der Waals surface area contributed by atoms with Crippen LogP contribution in [-0.4, -0.2) is 57.7 Å². The first-order chi connectivity index (χ1) is 14.7. The van der Waals surface area contributed by atoms with Crippen molar-refractivity contribution in [3.63, 3.8) is 0 Å². The second-order valence-corrected chi connectivity index (χ2v) is 9.95. The second-order valence-electron chi connectivity index (χ2n) is 7.98. The Balaban J connectivity index is 1.83. The summed E-state index contributed by atoms with van der Waals surface area (Å²) in [5, 5.41) is 10.3. The highest BCUT2D eigenvalue weighted by Gasteiger charge is 2.30. The minimum Gasteiger partial charge on any atom is -0.497 e. The van der Waals surface area contributed by atoms with Crippen molar-refractivity contribution in [2.75, 3.05) is 25.5 Å². The predicted octanol–water partition coefficient (Wildman–Crippen LogP) is 3.20. The number of hydrogen-bond acceptors (Lipinski definition) is 5. The molecule has 2 aromatic carbocycles. The largest absolute Gasteiger partial charge is 0.497 e. The van der Waals surface area contributed by atoms with Gasteiger partial charge in [0.1, 0.15) is 5.75 Å². The Labute approximate surface area is 184 Å². The van der Waals surface area contributed by atoms with Crippen LogP contribution < -0.4 is 9.04 Å². The number of anilines is 1. The van der Waals surface area contributed by atoms with Crippen LogP contribution in [0.2, 0.25) is 0 Å². The molecule has 1 saturated carbocycles. The third-order valence-corrected chi connectivity index (χ3v) is 7.80. The maximum atomic E-state index is 13.0. The SMILES string of the molecule is COc1ccc(S(=O)(=O)N(C)c2ccc(C(=O)N(C)C3CCCCC3O)cc2C)cc1. The van der Waals surface area contributed by atoms with E-state index in [-0.39, 0.29) is 16.8 Å². The molecule has 0 saturated heterocycles. The Kier molecular flexibility index (Phi) is 6.91. The van der Waals surface area contributed by atoms with Gasteiger partial charge in [0.05, 0.1) is 29.8 Å². The van der Waals surface area contributed by atoms with E-state index in [9.17, 15) is 18.3 Å². The van der Waals surface area contributed by atoms with Gasteiger partial charge in [-0.2, -0.15) is 0 Å². The molecule has 0 aromatic heterocycles. The van der Waals surface area contributed by atoms with E-state index in [2.05, 4.69) is 0 Å². The lowest BCUT2D eigenvalue weighted by Crippen LogP contribution is -2.46. The number of aryl methyl sites for hydroxylation is 1. The summed E-state index contributed by atoms with van der Waals surface area (Å²) in [5.74, 6) is 0.397. The van der Waals surface area contributed by atoms with Crippen molar-refractivity contribution in [2.24, 2.45) is 0 Å². The van der Waals surface area contributed by atoms with E-state index in [1.807, 2.05) is 0 Å². The maximum absolute atomic E-state index is 13.0. The van der Waals surface area contributed by atoms with E-state index < -0.39 is 16.1 Å². The molecular weight excluding hydrogens is 416 g/mol. The van der Waals surface area contributed by atoms with Crippen molar-refractivity contribution >= 4 is 21.6 Å². The molecule has 1 aliphatic rings. The summed E-state index contributed by atoms with van der Waals surface area (Å²) >= 11 is 0. The zero-order valence-corrected chi connectivity index (χ0v) is 19.2. The van der Waals surface area contributed by atoms with Gasteiger partial charge >= 0.3 is 0 Å². The molecule has 1 amide bonds. The zero-order chi connectivity index (χ0) is 22.8. The van der Waals surface area contributed by atoms with Crippen LogP contribution in [0.5, 0.6) is 5.75 Å². The van der Waals surface area contributed by atoms with Crippen molar-refractivity contribution < 1.29 is 23.1 Å². The first-order valence-corrected chi connectivity index (χ1v) is 11.8. The van der Waals surface area contributed by atoms with Gasteiger partial charge in [0, 0.05) is 19.7 Å². The molecule has 168 valence electrons. The van der Waals surface area contributed by atoms with Crippen molar-refractivity contribution in [3.8, 4) is 5.75 Å². The van der Waals surface area contributed by atoms with Crippen LogP contribution in [0.15, 0.2) is 47.4 Å². The zero-order valence-electron chi connectivity index (χ0n) is 18.4. The lowest BCUT2D eigenvalue weighted by molar-refractivity contribution is 0.0268. The maximum Gasteiger partial charge on any atom is 0.264 e. The minimum absolute atomic E-state index is 0.154. The van der Waals surface area contributed by atoms with E-state index in [0.29, 0.717) is 29.0 Å². The number of amides is 1. The van der Waals surface area contributed by atoms with Crippen LogP contribution in [-0.2, 0) is 10.0 Å². The van der Waals surface area contributed by atoms with Crippen molar-refractivity contribution in [3.05, 3.63) is 53.6 Å². The van der Waals surface area contributed by atoms with Gasteiger partial charge in [-0.1, -0.05) is 12.8 Å². The Bertz CT molecular complexity index is 1040. The molecule has 1 fully saturated rings. The quantitative estimate of drug-likeness (QED) is 0.736. The highest BCUT2D eigenvalue weighted by molar-refractivity contribution is 7.92. The normalized spacial score (nSPS) is 19.0. The molecule has 0 radical (unpaired) electrons. The standard InChI is InChI=1S/C23H30N2O5S/c1-16-15-17(23(27)24(2)21-7-5-6-8-22(21)26)9-14-20(16)25(3)31(28,29)19-12-10-18(30-4)11-13-19/h9-15,21-22,26H,5-8H2,1-4H3. The topological polar surface area (TPSA) is 87.2 Å². The fraction of sp³-hybridized carbons (Fsp3) is 0.435. The number of benzene rings is 2. The van der Waals surface area contributed by atoms with Crippen molar-refractivity contribution in [1.82, 2.24) is 4.90 Å². The number of hydrogen-bond donors (Lipinski definition) is 1. The van der Waals surface area contributed by atoms with Gasteiger partial charge in [-0.15, -0.1) is 0 Å². The molecule has 0 spiro atoms. The number of aliphatic hydroxyl groups excluding tert-OH is 1. The van der Waals surface area contributed by atoms with Crippen LogP contribution in [0.1, 0.15) is 41.6 Å². The van der Waals surface area contributed by atoms with E-state index in [1.54, 1.807) is 49.2 Å². The summed E-state index contributed by atoms with van der Waals surface area (Å²) in [5.41, 5.74) is 1.63. The third kappa shape index (κ3) is 4.70. The van der Waals surface area contributed by atoms with E-state index in [1.165, 1.54) is 30.6 Å². The van der Waals surface area contributed by atoms with Crippen molar-refractivity contribution in [1.29, 1.82) is 0 Å². The van der Waals surface area contributed by atoms with Gasteiger partial charge in [0.15, 0.2) is 0 Å². The molecule has 1 N–H and O–H groups in total. The van der Waals surface area contributed by atoms with Crippen LogP contribution in [0, 0.1) is 6.92 Å². The summed E-state index contributed by atoms with van der Waals surface area (Å²) in [7, 11) is 0.965. The average Bonchev–Trinajstić information content (AvgIpc) is 2.78. The fourth-order valence-electron chi connectivity index (χ4n) is 4.07. The minimum atomic E-state index is -3.76. The molecular formula is C23H30N2O5S. The number of likely N-dealkylation sites (N-methyl/N-ethyl adjacent to an activating group) is 1. The monoisotopic (exact) mass is 446 g/mol. The van der Waals surface area contributed by atoms with E-state index >= 15 is 0 Å². The van der Waals surface area contributed by atoms with Gasteiger partial charge in [0.25, 0.3) is 15.9 Å². The predicted molar refractivity (Wildman–Crippen MR) is 120 cm³/mol. The van der Waals surface area contributed by atoms with Crippen LogP contribution in [0.25, 0.3) is 0 Å². The molecule has 0 aliphatic heterocycles. The lowest BCUT2D eigenvalue weighted by Gasteiger charge is -2.35. The Morgan fingerprint density at radius 1 is 1.06 bits per heavy atom. The number of carbonyl (C=O) groups is 1. The van der Waals surface area contributed by atoms with E-state index in [0.717, 1.165) is 19.3 Å². The second kappa shape index (κ2) is 9.28. The first-order valence-electron chi connectivity index (χ1n) is 10.4. The van der Waals surface area contributed by atoms with Crippen LogP contribution in [0.4, 0.5) is 5.69 Å². The highest BCUT2D eigenvalue weighted by atomic mass is 32.2. The molecule has 2 unspecified atom stereocenters. The number of carbonyl (C=O) groups excluding carboxylic acids is 1. The fourth-order valence-corrected chi connectivity index (χ4v) is 5.33. The molecule has 1 aliphatic carbocycles. The number of sulfonamides is 1.